The van der Waals surface area contributed by atoms with Gasteiger partial charge in [0.05, 0.1) is 19.8 Å². The van der Waals surface area contributed by atoms with Crippen molar-refractivity contribution in [2.24, 2.45) is 0 Å². The number of hydrogen-bond donors (Lipinski definition) is 2. The highest BCUT2D eigenvalue weighted by Gasteiger charge is 2.23. The van der Waals surface area contributed by atoms with Crippen LogP contribution in [0.15, 0.2) is 36.4 Å². The Morgan fingerprint density at radius 2 is 1.74 bits per heavy atom. The predicted molar refractivity (Wildman–Crippen MR) is 116 cm³/mol. The van der Waals surface area contributed by atoms with Crippen LogP contribution in [0.4, 0.5) is 0 Å². The van der Waals surface area contributed by atoms with Gasteiger partial charge in [0.15, 0.2) is 0 Å². The first-order valence-electron chi connectivity index (χ1n) is 10.3. The van der Waals surface area contributed by atoms with Gasteiger partial charge in [0, 0.05) is 12.0 Å². The predicted octanol–water partition coefficient (Wildman–Crippen LogP) is 2.91. The Morgan fingerprint density at radius 1 is 1.06 bits per heavy atom. The molecule has 0 saturated heterocycles. The fourth-order valence-electron chi connectivity index (χ4n) is 3.21. The summed E-state index contributed by atoms with van der Waals surface area (Å²) in [5.41, 5.74) is 3.27. The van der Waals surface area contributed by atoms with Gasteiger partial charge in [-0.3, -0.25) is 4.79 Å². The number of benzene rings is 2. The molecular weight excluding hydrogens is 398 g/mol. The maximum atomic E-state index is 12.1. The van der Waals surface area contributed by atoms with Gasteiger partial charge in [0.2, 0.25) is 0 Å². The number of hydrogen-bond acceptors (Lipinski definition) is 7. The van der Waals surface area contributed by atoms with Gasteiger partial charge in [0.1, 0.15) is 29.1 Å². The lowest BCUT2D eigenvalue weighted by Crippen LogP contribution is -2.15. The maximum Gasteiger partial charge on any atom is 0.306 e. The molecular formula is C23H29N3O5. The second-order valence-corrected chi connectivity index (χ2v) is 8.30. The highest BCUT2D eigenvalue weighted by atomic mass is 16.6. The molecule has 2 aromatic carbocycles. The smallest absolute Gasteiger partial charge is 0.306 e. The lowest BCUT2D eigenvalue weighted by Gasteiger charge is -2.23. The summed E-state index contributed by atoms with van der Waals surface area (Å²) in [6.45, 7) is 6.61. The molecule has 3 rings (SSSR count). The van der Waals surface area contributed by atoms with E-state index in [0.717, 1.165) is 22.2 Å². The number of ether oxygens (including phenoxy) is 2. The standard InChI is InChI=1S/C23H29N3O5/c1-23(2,3)17-14-16(8-9-21(28)31-13-12-30-11-10-27)15-20(22(17)29)26-24-18-6-4-5-7-19(18)25-26/h4-7,14-15,27,29H,8-13H2,1-3H3. The zero-order valence-electron chi connectivity index (χ0n) is 18.2. The number of aromatic nitrogens is 3. The second kappa shape index (κ2) is 9.89. The van der Waals surface area contributed by atoms with Crippen LogP contribution in [0.25, 0.3) is 16.7 Å². The Kier molecular flexibility index (Phi) is 7.25. The van der Waals surface area contributed by atoms with Crippen molar-refractivity contribution in [2.45, 2.75) is 39.0 Å². The first-order valence-corrected chi connectivity index (χ1v) is 10.3. The molecule has 0 unspecified atom stereocenters. The monoisotopic (exact) mass is 427 g/mol. The van der Waals surface area contributed by atoms with Gasteiger partial charge in [-0.25, -0.2) is 0 Å². The highest BCUT2D eigenvalue weighted by Crippen LogP contribution is 2.36. The first-order chi connectivity index (χ1) is 14.8. The van der Waals surface area contributed by atoms with Crippen LogP contribution in [0.3, 0.4) is 0 Å². The summed E-state index contributed by atoms with van der Waals surface area (Å²) in [5, 5.41) is 28.6. The number of aliphatic hydroxyl groups is 1. The van der Waals surface area contributed by atoms with Crippen molar-refractivity contribution >= 4 is 17.0 Å². The molecule has 31 heavy (non-hydrogen) atoms. The number of aryl methyl sites for hydroxylation is 1. The minimum Gasteiger partial charge on any atom is -0.505 e. The summed E-state index contributed by atoms with van der Waals surface area (Å²) in [5.74, 6) is -0.206. The summed E-state index contributed by atoms with van der Waals surface area (Å²) in [7, 11) is 0. The number of esters is 1. The van der Waals surface area contributed by atoms with Crippen molar-refractivity contribution in [1.82, 2.24) is 15.0 Å². The molecule has 0 amide bonds. The Balaban J connectivity index is 1.81. The quantitative estimate of drug-likeness (QED) is 0.399. The molecule has 0 spiro atoms. The number of carbonyl (C=O) groups excluding carboxylic acids is 1. The van der Waals surface area contributed by atoms with Crippen LogP contribution in [0.5, 0.6) is 5.75 Å². The minimum atomic E-state index is -0.331. The molecule has 2 N–H and O–H groups in total. The van der Waals surface area contributed by atoms with E-state index in [1.165, 1.54) is 4.80 Å². The summed E-state index contributed by atoms with van der Waals surface area (Å²) in [6, 6.07) is 11.2. The molecule has 1 heterocycles. The Hall–Kier alpha value is -2.97. The van der Waals surface area contributed by atoms with Crippen molar-refractivity contribution in [1.29, 1.82) is 0 Å². The fourth-order valence-corrected chi connectivity index (χ4v) is 3.21. The Bertz CT molecular complexity index is 1010. The summed E-state index contributed by atoms with van der Waals surface area (Å²) in [4.78, 5) is 13.5. The summed E-state index contributed by atoms with van der Waals surface area (Å²) < 4.78 is 10.2. The molecule has 0 aliphatic heterocycles. The number of phenols is 1. The minimum absolute atomic E-state index is 0.0616. The number of rotatable bonds is 9. The van der Waals surface area contributed by atoms with E-state index in [9.17, 15) is 9.90 Å². The number of nitrogens with zero attached hydrogens (tertiary/aromatic N) is 3. The van der Waals surface area contributed by atoms with Gasteiger partial charge in [-0.15, -0.1) is 15.0 Å². The topological polar surface area (TPSA) is 107 Å². The number of phenolic OH excluding ortho intramolecular Hbond substituents is 1. The van der Waals surface area contributed by atoms with Crippen LogP contribution in [0.1, 0.15) is 38.3 Å². The van der Waals surface area contributed by atoms with Crippen LogP contribution in [-0.2, 0) is 26.1 Å². The summed E-state index contributed by atoms with van der Waals surface area (Å²) in [6.07, 6.45) is 0.649. The third kappa shape index (κ3) is 5.80. The van der Waals surface area contributed by atoms with E-state index >= 15 is 0 Å². The molecule has 3 aromatic rings. The van der Waals surface area contributed by atoms with Crippen molar-refractivity contribution in [2.75, 3.05) is 26.4 Å². The highest BCUT2D eigenvalue weighted by molar-refractivity contribution is 5.74. The second-order valence-electron chi connectivity index (χ2n) is 8.30. The van der Waals surface area contributed by atoms with Crippen molar-refractivity contribution < 1.29 is 24.5 Å². The van der Waals surface area contributed by atoms with Gasteiger partial charge >= 0.3 is 5.97 Å². The van der Waals surface area contributed by atoms with E-state index in [2.05, 4.69) is 10.2 Å². The molecule has 1 aromatic heterocycles. The lowest BCUT2D eigenvalue weighted by atomic mass is 9.84. The molecule has 0 saturated carbocycles. The number of fused-ring (bicyclic) bond motifs is 1. The van der Waals surface area contributed by atoms with Crippen molar-refractivity contribution in [3.8, 4) is 11.4 Å². The van der Waals surface area contributed by atoms with Crippen LogP contribution in [-0.4, -0.2) is 57.6 Å². The van der Waals surface area contributed by atoms with E-state index in [-0.39, 0.29) is 50.0 Å². The SMILES string of the molecule is CC(C)(C)c1cc(CCC(=O)OCCOCCO)cc(-n2nc3ccccc3n2)c1O. The van der Waals surface area contributed by atoms with E-state index in [1.807, 2.05) is 51.1 Å². The average molecular weight is 428 g/mol. The largest absolute Gasteiger partial charge is 0.505 e. The van der Waals surface area contributed by atoms with Crippen molar-refractivity contribution in [3.63, 3.8) is 0 Å². The summed E-state index contributed by atoms with van der Waals surface area (Å²) >= 11 is 0. The van der Waals surface area contributed by atoms with E-state index in [1.54, 1.807) is 6.07 Å². The Morgan fingerprint density at radius 3 is 2.35 bits per heavy atom. The molecule has 0 fully saturated rings. The molecule has 166 valence electrons. The third-order valence-electron chi connectivity index (χ3n) is 4.80. The Labute approximate surface area is 181 Å². The van der Waals surface area contributed by atoms with E-state index in [0.29, 0.717) is 12.1 Å². The van der Waals surface area contributed by atoms with Crippen LogP contribution in [0.2, 0.25) is 0 Å². The molecule has 0 bridgehead atoms. The fraction of sp³-hybridized carbons (Fsp3) is 0.435. The molecule has 8 heteroatoms. The molecule has 0 radical (unpaired) electrons. The number of aromatic hydroxyl groups is 1. The van der Waals surface area contributed by atoms with Gasteiger partial charge in [-0.05, 0) is 35.6 Å². The van der Waals surface area contributed by atoms with E-state index in [4.69, 9.17) is 14.6 Å². The molecule has 0 aliphatic rings. The average Bonchev–Trinajstić information content (AvgIpc) is 3.16. The zero-order valence-corrected chi connectivity index (χ0v) is 18.2. The number of carbonyl (C=O) groups is 1. The lowest BCUT2D eigenvalue weighted by molar-refractivity contribution is -0.145. The maximum absolute atomic E-state index is 12.1. The van der Waals surface area contributed by atoms with Crippen LogP contribution < -0.4 is 0 Å². The molecule has 0 atom stereocenters. The first kappa shape index (κ1) is 22.7. The molecule has 0 aliphatic carbocycles. The van der Waals surface area contributed by atoms with Gasteiger partial charge < -0.3 is 19.7 Å². The zero-order chi connectivity index (χ0) is 22.4. The van der Waals surface area contributed by atoms with Gasteiger partial charge in [-0.1, -0.05) is 39.0 Å². The van der Waals surface area contributed by atoms with Crippen molar-refractivity contribution in [3.05, 3.63) is 47.5 Å². The van der Waals surface area contributed by atoms with Gasteiger partial charge in [0.25, 0.3) is 0 Å². The third-order valence-corrected chi connectivity index (χ3v) is 4.80. The van der Waals surface area contributed by atoms with Crippen LogP contribution in [0, 0.1) is 0 Å². The normalized spacial score (nSPS) is 11.7. The number of aliphatic hydroxyl groups excluding tert-OH is 1. The van der Waals surface area contributed by atoms with Crippen LogP contribution >= 0.6 is 0 Å². The molecule has 8 nitrogen and oxygen atoms in total. The van der Waals surface area contributed by atoms with Gasteiger partial charge in [-0.2, -0.15) is 0 Å². The van der Waals surface area contributed by atoms with E-state index < -0.39 is 0 Å².